The molecule has 17 nitrogen and oxygen atoms in total. The Morgan fingerprint density at radius 1 is 0.660 bits per heavy atom. The summed E-state index contributed by atoms with van der Waals surface area (Å²) >= 11 is 0. The van der Waals surface area contributed by atoms with Gasteiger partial charge in [0.05, 0.1) is 19.6 Å². The van der Waals surface area contributed by atoms with Crippen LogP contribution in [0.2, 0.25) is 0 Å². The van der Waals surface area contributed by atoms with Crippen molar-refractivity contribution in [3.05, 3.63) is 59.7 Å². The Bertz CT molecular complexity index is 1380. The number of hydrogen-bond acceptors (Lipinski definition) is 17. The smallest absolute Gasteiger partial charge is 0.339 e. The van der Waals surface area contributed by atoms with Crippen molar-refractivity contribution in [3.8, 4) is 11.5 Å². The van der Waals surface area contributed by atoms with E-state index in [1.54, 1.807) is 0 Å². The zero-order chi connectivity index (χ0) is 36.7. The van der Waals surface area contributed by atoms with Crippen LogP contribution in [0.4, 0.5) is 0 Å². The highest BCUT2D eigenvalue weighted by atomic mass is 16.7. The summed E-state index contributed by atoms with van der Waals surface area (Å²) in [6.07, 6.45) is -15.2. The molecule has 4 rings (SSSR count). The second kappa shape index (κ2) is 17.2. The molecule has 0 unspecified atom stereocenters. The monoisotopic (exact) mass is 712 g/mol. The van der Waals surface area contributed by atoms with Gasteiger partial charge < -0.3 is 74.4 Å². The van der Waals surface area contributed by atoms with Gasteiger partial charge in [-0.25, -0.2) is 4.79 Å². The van der Waals surface area contributed by atoms with Gasteiger partial charge in [0.1, 0.15) is 73.5 Å². The van der Waals surface area contributed by atoms with E-state index in [9.17, 15) is 55.5 Å². The third-order valence-electron chi connectivity index (χ3n) is 8.54. The molecule has 2 aliphatic rings. The van der Waals surface area contributed by atoms with Crippen LogP contribution in [-0.4, -0.2) is 138 Å². The first-order chi connectivity index (χ1) is 23.7. The molecule has 2 heterocycles. The van der Waals surface area contributed by atoms with Crippen LogP contribution >= 0.6 is 0 Å². The van der Waals surface area contributed by atoms with Crippen molar-refractivity contribution in [2.24, 2.45) is 5.92 Å². The van der Waals surface area contributed by atoms with Crippen LogP contribution in [0.3, 0.4) is 0 Å². The standard InChI is InChI=1S/C33H44O17/c1-16(2)33(44,32(43)46-15-18-5-9-20(10-6-18)48-31-29(42)27(40)25(38)22(13-35)50-31)11-23(36)45-14-17-3-7-19(8-4-17)47-30-28(41)26(39)24(37)21(12-34)49-30/h3-10,16,21-22,24-31,34-35,37-42,44H,11-15H2,1-2H3/t21-,22-,24-,25-,26+,27+,28-,29-,30-,31-,33-/m1/s1. The van der Waals surface area contributed by atoms with Crippen LogP contribution in [0.5, 0.6) is 11.5 Å². The van der Waals surface area contributed by atoms with Gasteiger partial charge in [0.2, 0.25) is 12.6 Å². The molecule has 0 amide bonds. The van der Waals surface area contributed by atoms with E-state index < -0.39 is 105 Å². The third-order valence-corrected chi connectivity index (χ3v) is 8.54. The van der Waals surface area contributed by atoms with Crippen LogP contribution in [0, 0.1) is 5.92 Å². The van der Waals surface area contributed by atoms with Crippen molar-refractivity contribution in [3.63, 3.8) is 0 Å². The van der Waals surface area contributed by atoms with Crippen LogP contribution in [0.15, 0.2) is 48.5 Å². The molecule has 0 bridgehead atoms. The van der Waals surface area contributed by atoms with Gasteiger partial charge in [-0.2, -0.15) is 0 Å². The maximum atomic E-state index is 13.0. The highest BCUT2D eigenvalue weighted by molar-refractivity contribution is 5.86. The summed E-state index contributed by atoms with van der Waals surface area (Å²) in [7, 11) is 0. The van der Waals surface area contributed by atoms with Crippen LogP contribution in [0.25, 0.3) is 0 Å². The molecule has 50 heavy (non-hydrogen) atoms. The van der Waals surface area contributed by atoms with E-state index in [0.29, 0.717) is 11.1 Å². The quantitative estimate of drug-likeness (QED) is 0.0925. The predicted molar refractivity (Wildman–Crippen MR) is 166 cm³/mol. The molecule has 11 atom stereocenters. The summed E-state index contributed by atoms with van der Waals surface area (Å²) in [5.41, 5.74) is -1.23. The Balaban J connectivity index is 1.25. The van der Waals surface area contributed by atoms with E-state index >= 15 is 0 Å². The van der Waals surface area contributed by atoms with Crippen molar-refractivity contribution < 1.29 is 84.0 Å². The van der Waals surface area contributed by atoms with Crippen molar-refractivity contribution in [1.29, 1.82) is 0 Å². The Morgan fingerprint density at radius 3 is 1.44 bits per heavy atom. The van der Waals surface area contributed by atoms with Crippen molar-refractivity contribution in [1.82, 2.24) is 0 Å². The average Bonchev–Trinajstić information content (AvgIpc) is 3.11. The highest BCUT2D eigenvalue weighted by Crippen LogP contribution is 2.28. The molecule has 0 spiro atoms. The summed E-state index contributed by atoms with van der Waals surface area (Å²) in [6, 6.07) is 12.0. The minimum Gasteiger partial charge on any atom is -0.462 e. The molecule has 2 fully saturated rings. The minimum atomic E-state index is -2.22. The number of esters is 2. The first kappa shape index (κ1) is 39.3. The number of ether oxygens (including phenoxy) is 6. The molecule has 2 aliphatic heterocycles. The molecule has 278 valence electrons. The second-order valence-electron chi connectivity index (χ2n) is 12.4. The fraction of sp³-hybridized carbons (Fsp3) is 0.576. The molecule has 0 radical (unpaired) electrons. The Hall–Kier alpha value is -3.46. The Labute approximate surface area is 286 Å². The number of hydrogen-bond donors (Lipinski definition) is 9. The lowest BCUT2D eigenvalue weighted by Crippen LogP contribution is -2.60. The number of aliphatic hydroxyl groups excluding tert-OH is 8. The summed E-state index contributed by atoms with van der Waals surface area (Å²) in [4.78, 5) is 25.7. The van der Waals surface area contributed by atoms with E-state index in [-0.39, 0.29) is 24.7 Å². The van der Waals surface area contributed by atoms with Gasteiger partial charge in [-0.15, -0.1) is 0 Å². The molecule has 17 heteroatoms. The van der Waals surface area contributed by atoms with E-state index in [1.165, 1.54) is 62.4 Å². The van der Waals surface area contributed by atoms with Crippen molar-refractivity contribution >= 4 is 11.9 Å². The van der Waals surface area contributed by atoms with E-state index in [1.807, 2.05) is 0 Å². The van der Waals surface area contributed by atoms with Crippen molar-refractivity contribution in [2.45, 2.75) is 100 Å². The lowest BCUT2D eigenvalue weighted by Gasteiger charge is -2.39. The Kier molecular flexibility index (Phi) is 13.5. The van der Waals surface area contributed by atoms with Crippen LogP contribution < -0.4 is 9.47 Å². The molecule has 9 N–H and O–H groups in total. The maximum absolute atomic E-state index is 13.0. The minimum absolute atomic E-state index is 0.196. The highest BCUT2D eigenvalue weighted by Gasteiger charge is 2.46. The molecule has 0 aliphatic carbocycles. The molecule has 2 aromatic rings. The molecule has 2 saturated heterocycles. The van der Waals surface area contributed by atoms with E-state index in [2.05, 4.69) is 0 Å². The molecule has 0 aromatic heterocycles. The lowest BCUT2D eigenvalue weighted by molar-refractivity contribution is -0.277. The summed E-state index contributed by atoms with van der Waals surface area (Å²) in [5, 5.41) is 89.8. The summed E-state index contributed by atoms with van der Waals surface area (Å²) in [6.45, 7) is 1.35. The van der Waals surface area contributed by atoms with Gasteiger partial charge >= 0.3 is 11.9 Å². The van der Waals surface area contributed by atoms with E-state index in [4.69, 9.17) is 28.4 Å². The number of benzene rings is 2. The maximum Gasteiger partial charge on any atom is 0.339 e. The zero-order valence-corrected chi connectivity index (χ0v) is 27.3. The SMILES string of the molecule is CC(C)[C@](O)(CC(=O)OCc1ccc(O[C@@H]2O[C@H](CO)[C@@H](O)[C@H](O)[C@H]2O)cc1)C(=O)OCc1ccc(O[C@@H]2O[C@H](CO)[C@@H](O)[C@H](O)[C@H]2O)cc1. The summed E-state index contributed by atoms with van der Waals surface area (Å²) < 4.78 is 32.3. The first-order valence-corrected chi connectivity index (χ1v) is 15.9. The second-order valence-corrected chi connectivity index (χ2v) is 12.4. The zero-order valence-electron chi connectivity index (χ0n) is 27.3. The van der Waals surface area contributed by atoms with Crippen LogP contribution in [0.1, 0.15) is 31.4 Å². The van der Waals surface area contributed by atoms with Crippen LogP contribution in [-0.2, 0) is 41.8 Å². The molecule has 2 aromatic carbocycles. The van der Waals surface area contributed by atoms with Gasteiger partial charge in [-0.3, -0.25) is 4.79 Å². The van der Waals surface area contributed by atoms with E-state index in [0.717, 1.165) is 0 Å². The molecular weight excluding hydrogens is 668 g/mol. The fourth-order valence-electron chi connectivity index (χ4n) is 5.15. The number of carbonyl (C=O) groups excluding carboxylic acids is 2. The number of aliphatic hydroxyl groups is 9. The fourth-order valence-corrected chi connectivity index (χ4v) is 5.15. The Morgan fingerprint density at radius 2 is 1.06 bits per heavy atom. The topological polar surface area (TPSA) is 272 Å². The first-order valence-electron chi connectivity index (χ1n) is 15.9. The summed E-state index contributed by atoms with van der Waals surface area (Å²) in [5.74, 6) is -2.27. The lowest BCUT2D eigenvalue weighted by atomic mass is 9.87. The predicted octanol–water partition coefficient (Wildman–Crippen LogP) is -2.39. The van der Waals surface area contributed by atoms with Gasteiger partial charge in [-0.05, 0) is 41.3 Å². The van der Waals surface area contributed by atoms with Crippen molar-refractivity contribution in [2.75, 3.05) is 13.2 Å². The third kappa shape index (κ3) is 9.25. The van der Waals surface area contributed by atoms with Gasteiger partial charge in [0.25, 0.3) is 0 Å². The largest absolute Gasteiger partial charge is 0.462 e. The van der Waals surface area contributed by atoms with Gasteiger partial charge in [-0.1, -0.05) is 38.1 Å². The normalized spacial score (nSPS) is 31.0. The average molecular weight is 713 g/mol. The molecule has 0 saturated carbocycles. The van der Waals surface area contributed by atoms with Gasteiger partial charge in [0.15, 0.2) is 5.60 Å². The van der Waals surface area contributed by atoms with Gasteiger partial charge in [0, 0.05) is 0 Å². The number of carbonyl (C=O) groups is 2. The molecular formula is C33H44O17. The number of rotatable bonds is 14.